The van der Waals surface area contributed by atoms with Crippen LogP contribution >= 0.6 is 23.2 Å². The van der Waals surface area contributed by atoms with Crippen LogP contribution in [0, 0.1) is 0 Å². The maximum atomic E-state index is 13.2. The highest BCUT2D eigenvalue weighted by Gasteiger charge is 2.23. The fraction of sp³-hybridized carbons (Fsp3) is 0.421. The molecule has 7 nitrogen and oxygen atoms in total. The molecule has 9 heteroatoms. The Morgan fingerprint density at radius 1 is 1.04 bits per heavy atom. The molecule has 0 N–H and O–H groups in total. The average molecular weight is 422 g/mol. The monoisotopic (exact) mass is 421 g/mol. The summed E-state index contributed by atoms with van der Waals surface area (Å²) < 4.78 is 4.41. The summed E-state index contributed by atoms with van der Waals surface area (Å²) >= 11 is 12.2. The molecule has 3 heterocycles. The van der Waals surface area contributed by atoms with Crippen molar-refractivity contribution in [3.63, 3.8) is 0 Å². The summed E-state index contributed by atoms with van der Waals surface area (Å²) in [5.74, 6) is 0.726. The smallest absolute Gasteiger partial charge is 0.332 e. The van der Waals surface area contributed by atoms with Crippen LogP contribution in [-0.2, 0) is 20.6 Å². The molecule has 0 bridgehead atoms. The van der Waals surface area contributed by atoms with Crippen LogP contribution in [0.1, 0.15) is 24.8 Å². The van der Waals surface area contributed by atoms with Crippen molar-refractivity contribution in [3.05, 3.63) is 54.6 Å². The van der Waals surface area contributed by atoms with E-state index in [1.165, 1.54) is 15.6 Å². The van der Waals surface area contributed by atoms with Crippen LogP contribution in [0.5, 0.6) is 0 Å². The number of aromatic nitrogens is 4. The van der Waals surface area contributed by atoms with E-state index in [1.807, 2.05) is 7.05 Å². The van der Waals surface area contributed by atoms with Crippen molar-refractivity contribution in [1.29, 1.82) is 0 Å². The molecule has 0 amide bonds. The average Bonchev–Trinajstić information content (AvgIpc) is 3.03. The van der Waals surface area contributed by atoms with Crippen LogP contribution in [-0.4, -0.2) is 31.8 Å². The van der Waals surface area contributed by atoms with Crippen molar-refractivity contribution in [3.8, 4) is 0 Å². The minimum absolute atomic E-state index is 0.0711. The molecule has 1 saturated heterocycles. The van der Waals surface area contributed by atoms with E-state index in [-0.39, 0.29) is 12.1 Å². The summed E-state index contributed by atoms with van der Waals surface area (Å²) in [7, 11) is 3.46. The van der Waals surface area contributed by atoms with Crippen molar-refractivity contribution in [2.45, 2.75) is 25.8 Å². The van der Waals surface area contributed by atoms with Crippen LogP contribution in [0.4, 0.5) is 5.95 Å². The third-order valence-electron chi connectivity index (χ3n) is 5.32. The molecular formula is C19H21Cl2N5O2. The first kappa shape index (κ1) is 19.1. The zero-order valence-electron chi connectivity index (χ0n) is 15.8. The number of hydrogen-bond acceptors (Lipinski definition) is 4. The highest BCUT2D eigenvalue weighted by Crippen LogP contribution is 2.23. The van der Waals surface area contributed by atoms with Gasteiger partial charge < -0.3 is 9.47 Å². The first-order valence-electron chi connectivity index (χ1n) is 9.23. The van der Waals surface area contributed by atoms with Gasteiger partial charge in [-0.25, -0.2) is 4.79 Å². The van der Waals surface area contributed by atoms with Gasteiger partial charge in [0.2, 0.25) is 5.95 Å². The molecule has 1 aliphatic rings. The molecule has 28 heavy (non-hydrogen) atoms. The fourth-order valence-electron chi connectivity index (χ4n) is 3.77. The summed E-state index contributed by atoms with van der Waals surface area (Å²) in [6.07, 6.45) is 3.40. The molecule has 0 radical (unpaired) electrons. The minimum atomic E-state index is -0.424. The highest BCUT2D eigenvalue weighted by molar-refractivity contribution is 6.35. The number of benzene rings is 1. The van der Waals surface area contributed by atoms with E-state index in [9.17, 15) is 9.59 Å². The van der Waals surface area contributed by atoms with Crippen LogP contribution < -0.4 is 16.1 Å². The van der Waals surface area contributed by atoms with Gasteiger partial charge in [-0.1, -0.05) is 29.3 Å². The molecule has 0 spiro atoms. The van der Waals surface area contributed by atoms with Crippen LogP contribution in [0.2, 0.25) is 10.0 Å². The lowest BCUT2D eigenvalue weighted by atomic mass is 10.1. The van der Waals surface area contributed by atoms with Crippen LogP contribution in [0.15, 0.2) is 27.8 Å². The number of fused-ring (bicyclic) bond motifs is 1. The molecule has 4 rings (SSSR count). The maximum absolute atomic E-state index is 13.2. The van der Waals surface area contributed by atoms with E-state index in [4.69, 9.17) is 23.2 Å². The highest BCUT2D eigenvalue weighted by atomic mass is 35.5. The first-order chi connectivity index (χ1) is 13.4. The van der Waals surface area contributed by atoms with Gasteiger partial charge in [-0.15, -0.1) is 0 Å². The quantitative estimate of drug-likeness (QED) is 0.651. The Morgan fingerprint density at radius 3 is 2.43 bits per heavy atom. The number of hydrogen-bond donors (Lipinski definition) is 0. The maximum Gasteiger partial charge on any atom is 0.332 e. The van der Waals surface area contributed by atoms with E-state index in [0.717, 1.165) is 31.9 Å². The van der Waals surface area contributed by atoms with Crippen molar-refractivity contribution in [2.75, 3.05) is 18.0 Å². The number of anilines is 1. The predicted molar refractivity (Wildman–Crippen MR) is 112 cm³/mol. The Kier molecular flexibility index (Phi) is 4.97. The number of nitrogens with zero attached hydrogens (tertiary/aromatic N) is 5. The van der Waals surface area contributed by atoms with Crippen molar-refractivity contribution in [2.24, 2.45) is 14.1 Å². The molecule has 0 unspecified atom stereocenters. The molecular weight excluding hydrogens is 401 g/mol. The summed E-state index contributed by atoms with van der Waals surface area (Å²) in [5.41, 5.74) is 0.668. The van der Waals surface area contributed by atoms with Gasteiger partial charge in [0.15, 0.2) is 11.2 Å². The van der Waals surface area contributed by atoms with Crippen LogP contribution in [0.3, 0.4) is 0 Å². The second-order valence-corrected chi connectivity index (χ2v) is 8.00. The molecule has 148 valence electrons. The third-order valence-corrected chi connectivity index (χ3v) is 5.91. The first-order valence-corrected chi connectivity index (χ1v) is 9.99. The number of halogens is 2. The Bertz CT molecular complexity index is 1170. The Morgan fingerprint density at radius 2 is 1.75 bits per heavy atom. The Hall–Kier alpha value is -2.25. The summed E-state index contributed by atoms with van der Waals surface area (Å²) in [5, 5.41) is 0.919. The number of piperidine rings is 1. The van der Waals surface area contributed by atoms with Gasteiger partial charge >= 0.3 is 5.69 Å². The zero-order chi connectivity index (χ0) is 20.0. The van der Waals surface area contributed by atoms with Gasteiger partial charge in [0.25, 0.3) is 5.56 Å². The molecule has 1 aliphatic heterocycles. The lowest BCUT2D eigenvalue weighted by Crippen LogP contribution is -2.40. The molecule has 0 saturated carbocycles. The van der Waals surface area contributed by atoms with E-state index in [1.54, 1.807) is 29.8 Å². The molecule has 1 aromatic carbocycles. The van der Waals surface area contributed by atoms with Crippen molar-refractivity contribution >= 4 is 40.3 Å². The normalized spacial score (nSPS) is 14.8. The summed E-state index contributed by atoms with van der Waals surface area (Å²) in [6.45, 7) is 1.88. The molecule has 0 aliphatic carbocycles. The molecule has 2 aromatic heterocycles. The largest absolute Gasteiger partial charge is 0.342 e. The van der Waals surface area contributed by atoms with Gasteiger partial charge in [0.05, 0.1) is 6.54 Å². The van der Waals surface area contributed by atoms with E-state index in [2.05, 4.69) is 9.88 Å². The van der Waals surface area contributed by atoms with E-state index < -0.39 is 5.69 Å². The second kappa shape index (κ2) is 7.29. The van der Waals surface area contributed by atoms with Crippen LogP contribution in [0.25, 0.3) is 11.2 Å². The van der Waals surface area contributed by atoms with E-state index in [0.29, 0.717) is 26.8 Å². The molecule has 1 fully saturated rings. The predicted octanol–water partition coefficient (Wildman–Crippen LogP) is 2.78. The van der Waals surface area contributed by atoms with Gasteiger partial charge in [-0.05, 0) is 37.0 Å². The molecule has 3 aromatic rings. The number of aryl methyl sites for hydroxylation is 2. The van der Waals surface area contributed by atoms with Gasteiger partial charge in [-0.3, -0.25) is 13.9 Å². The zero-order valence-corrected chi connectivity index (χ0v) is 17.3. The topological polar surface area (TPSA) is 65.1 Å². The third kappa shape index (κ3) is 3.12. The van der Waals surface area contributed by atoms with Crippen molar-refractivity contribution < 1.29 is 0 Å². The Balaban J connectivity index is 1.87. The Labute approximate surface area is 171 Å². The SMILES string of the molecule is Cn1c(N2CCCCC2)nc2c1c(=O)n(Cc1ccc(Cl)cc1Cl)c(=O)n2C. The lowest BCUT2D eigenvalue weighted by molar-refractivity contribution is 0.563. The van der Waals surface area contributed by atoms with Crippen molar-refractivity contribution in [1.82, 2.24) is 18.7 Å². The number of imidazole rings is 1. The van der Waals surface area contributed by atoms with Gasteiger partial charge in [-0.2, -0.15) is 4.98 Å². The minimum Gasteiger partial charge on any atom is -0.342 e. The summed E-state index contributed by atoms with van der Waals surface area (Å²) in [4.78, 5) is 32.9. The standard InChI is InChI=1S/C19H21Cl2N5O2/c1-23-15-16(22-18(23)25-8-4-3-5-9-25)24(2)19(28)26(17(15)27)11-12-6-7-13(20)10-14(12)21/h6-7,10H,3-5,8-9,11H2,1-2H3. The second-order valence-electron chi connectivity index (χ2n) is 7.16. The fourth-order valence-corrected chi connectivity index (χ4v) is 4.24. The molecule has 0 atom stereocenters. The van der Waals surface area contributed by atoms with Gasteiger partial charge in [0.1, 0.15) is 0 Å². The van der Waals surface area contributed by atoms with E-state index >= 15 is 0 Å². The number of rotatable bonds is 3. The summed E-state index contributed by atoms with van der Waals surface area (Å²) in [6, 6.07) is 5.02. The lowest BCUT2D eigenvalue weighted by Gasteiger charge is -2.27. The van der Waals surface area contributed by atoms with Gasteiger partial charge in [0, 0.05) is 37.2 Å².